The van der Waals surface area contributed by atoms with Crippen molar-refractivity contribution in [1.82, 2.24) is 10.6 Å². The van der Waals surface area contributed by atoms with E-state index in [1.54, 1.807) is 12.1 Å². The molecule has 0 spiro atoms. The molecule has 0 saturated carbocycles. The summed E-state index contributed by atoms with van der Waals surface area (Å²) in [5, 5.41) is 5.94. The van der Waals surface area contributed by atoms with Crippen LogP contribution in [0.1, 0.15) is 38.3 Å². The van der Waals surface area contributed by atoms with Crippen molar-refractivity contribution in [2.45, 2.75) is 32.7 Å². The molecular weight excluding hydrogens is 259 g/mol. The van der Waals surface area contributed by atoms with E-state index in [2.05, 4.69) is 10.6 Å². The summed E-state index contributed by atoms with van der Waals surface area (Å²) in [6.45, 7) is 5.04. The van der Waals surface area contributed by atoms with E-state index in [0.717, 1.165) is 6.42 Å². The number of ether oxygens (including phenoxy) is 1. The maximum absolute atomic E-state index is 13.8. The zero-order valence-electron chi connectivity index (χ0n) is 12.3. The topological polar surface area (TPSA) is 50.4 Å². The minimum atomic E-state index is -0.306. The zero-order chi connectivity index (χ0) is 15.0. The molecule has 1 rings (SSSR count). The lowest BCUT2D eigenvalue weighted by Crippen LogP contribution is -2.29. The molecule has 1 unspecified atom stereocenters. The van der Waals surface area contributed by atoms with Crippen LogP contribution in [0.15, 0.2) is 18.2 Å². The first-order valence-electron chi connectivity index (χ1n) is 6.92. The minimum Gasteiger partial charge on any atom is -0.496 e. The normalized spacial score (nSPS) is 12.0. The van der Waals surface area contributed by atoms with Crippen LogP contribution >= 0.6 is 0 Å². The monoisotopic (exact) mass is 282 g/mol. The fourth-order valence-electron chi connectivity index (χ4n) is 1.97. The predicted octanol–water partition coefficient (Wildman–Crippen LogP) is 2.40. The highest BCUT2D eigenvalue weighted by Gasteiger charge is 2.16. The molecule has 2 N–H and O–H groups in total. The van der Waals surface area contributed by atoms with Crippen LogP contribution in [0.5, 0.6) is 5.75 Å². The molecule has 20 heavy (non-hydrogen) atoms. The number of hydrogen-bond donors (Lipinski definition) is 2. The number of nitrogens with one attached hydrogen (secondary N) is 2. The Bertz CT molecular complexity index is 438. The second-order valence-corrected chi connectivity index (χ2v) is 4.63. The molecule has 5 heteroatoms. The average Bonchev–Trinajstić information content (AvgIpc) is 2.44. The first-order chi connectivity index (χ1) is 9.60. The van der Waals surface area contributed by atoms with E-state index in [1.807, 2.05) is 13.8 Å². The van der Waals surface area contributed by atoms with Crippen LogP contribution < -0.4 is 15.4 Å². The van der Waals surface area contributed by atoms with Crippen LogP contribution in [0.3, 0.4) is 0 Å². The van der Waals surface area contributed by atoms with Gasteiger partial charge in [0.25, 0.3) is 0 Å². The van der Waals surface area contributed by atoms with Gasteiger partial charge in [0, 0.05) is 31.1 Å². The van der Waals surface area contributed by atoms with Crippen LogP contribution in [0.25, 0.3) is 0 Å². The first kappa shape index (κ1) is 16.4. The smallest absolute Gasteiger partial charge is 0.221 e. The number of benzene rings is 1. The Morgan fingerprint density at radius 2 is 2.15 bits per heavy atom. The summed E-state index contributed by atoms with van der Waals surface area (Å²) in [4.78, 5) is 11.5. The number of carbonyl (C=O) groups is 1. The standard InChI is InChI=1S/C15H23FN2O2/c1-4-9-18-14(19)8-10-17-11(2)15-12(16)6-5-7-13(15)20-3/h5-7,11,17H,4,8-10H2,1-3H3,(H,18,19). The number of rotatable bonds is 8. The van der Waals surface area contributed by atoms with Crippen LogP contribution in [-0.2, 0) is 4.79 Å². The Morgan fingerprint density at radius 3 is 2.80 bits per heavy atom. The largest absolute Gasteiger partial charge is 0.496 e. The maximum atomic E-state index is 13.8. The molecule has 0 fully saturated rings. The average molecular weight is 282 g/mol. The minimum absolute atomic E-state index is 0.00653. The highest BCUT2D eigenvalue weighted by molar-refractivity contribution is 5.75. The molecular formula is C15H23FN2O2. The third kappa shape index (κ3) is 4.81. The first-order valence-corrected chi connectivity index (χ1v) is 6.92. The maximum Gasteiger partial charge on any atom is 0.221 e. The van der Waals surface area contributed by atoms with Crippen molar-refractivity contribution < 1.29 is 13.9 Å². The third-order valence-corrected chi connectivity index (χ3v) is 3.04. The molecule has 0 aliphatic rings. The second kappa shape index (κ2) is 8.53. The van der Waals surface area contributed by atoms with Crippen molar-refractivity contribution in [2.24, 2.45) is 0 Å². The fraction of sp³-hybridized carbons (Fsp3) is 0.533. The van der Waals surface area contributed by atoms with Crippen molar-refractivity contribution >= 4 is 5.91 Å². The Labute approximate surface area is 119 Å². The summed E-state index contributed by atoms with van der Waals surface area (Å²) in [5.74, 6) is 0.215. The van der Waals surface area contributed by atoms with Crippen LogP contribution in [0, 0.1) is 5.82 Å². The molecule has 1 amide bonds. The van der Waals surface area contributed by atoms with Gasteiger partial charge in [0.05, 0.1) is 7.11 Å². The molecule has 0 radical (unpaired) electrons. The second-order valence-electron chi connectivity index (χ2n) is 4.63. The van der Waals surface area contributed by atoms with Gasteiger partial charge in [0.1, 0.15) is 11.6 Å². The van der Waals surface area contributed by atoms with Gasteiger partial charge in [0.2, 0.25) is 5.91 Å². The molecule has 0 aliphatic heterocycles. The molecule has 0 aliphatic carbocycles. The van der Waals surface area contributed by atoms with E-state index in [9.17, 15) is 9.18 Å². The van der Waals surface area contributed by atoms with Crippen molar-refractivity contribution in [3.8, 4) is 5.75 Å². The molecule has 112 valence electrons. The molecule has 1 aromatic rings. The fourth-order valence-corrected chi connectivity index (χ4v) is 1.97. The summed E-state index contributed by atoms with van der Waals surface area (Å²) >= 11 is 0. The van der Waals surface area contributed by atoms with Crippen LogP contribution in [0.4, 0.5) is 4.39 Å². The number of hydrogen-bond acceptors (Lipinski definition) is 3. The van der Waals surface area contributed by atoms with E-state index >= 15 is 0 Å². The summed E-state index contributed by atoms with van der Waals surface area (Å²) in [6.07, 6.45) is 1.29. The van der Waals surface area contributed by atoms with Gasteiger partial charge in [-0.25, -0.2) is 4.39 Å². The van der Waals surface area contributed by atoms with Gasteiger partial charge in [-0.15, -0.1) is 0 Å². The molecule has 1 aromatic carbocycles. The van der Waals surface area contributed by atoms with Crippen molar-refractivity contribution in [3.05, 3.63) is 29.6 Å². The van der Waals surface area contributed by atoms with Crippen molar-refractivity contribution in [3.63, 3.8) is 0 Å². The summed E-state index contributed by atoms with van der Waals surface area (Å²) < 4.78 is 19.0. The molecule has 0 bridgehead atoms. The number of halogens is 1. The zero-order valence-corrected chi connectivity index (χ0v) is 12.3. The highest BCUT2D eigenvalue weighted by atomic mass is 19.1. The summed E-state index contributed by atoms with van der Waals surface area (Å²) in [5.41, 5.74) is 0.490. The van der Waals surface area contributed by atoms with Gasteiger partial charge in [0.15, 0.2) is 0 Å². The number of methoxy groups -OCH3 is 1. The Hall–Kier alpha value is -1.62. The highest BCUT2D eigenvalue weighted by Crippen LogP contribution is 2.27. The van der Waals surface area contributed by atoms with Gasteiger partial charge in [-0.3, -0.25) is 4.79 Å². The van der Waals surface area contributed by atoms with E-state index in [1.165, 1.54) is 13.2 Å². The Morgan fingerprint density at radius 1 is 1.40 bits per heavy atom. The Balaban J connectivity index is 2.51. The molecule has 0 heterocycles. The summed E-state index contributed by atoms with van der Waals surface area (Å²) in [6, 6.07) is 4.53. The van der Waals surface area contributed by atoms with E-state index in [4.69, 9.17) is 4.74 Å². The molecule has 0 saturated heterocycles. The number of carbonyl (C=O) groups excluding carboxylic acids is 1. The third-order valence-electron chi connectivity index (χ3n) is 3.04. The molecule has 4 nitrogen and oxygen atoms in total. The number of amides is 1. The van der Waals surface area contributed by atoms with Gasteiger partial charge in [-0.05, 0) is 25.5 Å². The summed E-state index contributed by atoms with van der Waals surface area (Å²) in [7, 11) is 1.52. The van der Waals surface area contributed by atoms with E-state index in [-0.39, 0.29) is 17.8 Å². The predicted molar refractivity (Wildman–Crippen MR) is 77.3 cm³/mol. The van der Waals surface area contributed by atoms with Gasteiger partial charge in [-0.1, -0.05) is 13.0 Å². The van der Waals surface area contributed by atoms with Crippen molar-refractivity contribution in [2.75, 3.05) is 20.2 Å². The van der Waals surface area contributed by atoms with E-state index < -0.39 is 0 Å². The van der Waals surface area contributed by atoms with Gasteiger partial charge < -0.3 is 15.4 Å². The van der Waals surface area contributed by atoms with Crippen LogP contribution in [0.2, 0.25) is 0 Å². The Kier molecular flexibility index (Phi) is 7.01. The SMILES string of the molecule is CCCNC(=O)CCNC(C)c1c(F)cccc1OC. The molecule has 0 aromatic heterocycles. The van der Waals surface area contributed by atoms with Crippen LogP contribution in [-0.4, -0.2) is 26.1 Å². The van der Waals surface area contributed by atoms with Gasteiger partial charge >= 0.3 is 0 Å². The quantitative estimate of drug-likeness (QED) is 0.770. The van der Waals surface area contributed by atoms with Crippen molar-refractivity contribution in [1.29, 1.82) is 0 Å². The molecule has 1 atom stereocenters. The van der Waals surface area contributed by atoms with Gasteiger partial charge in [-0.2, -0.15) is 0 Å². The van der Waals surface area contributed by atoms with E-state index in [0.29, 0.717) is 30.8 Å². The lowest BCUT2D eigenvalue weighted by atomic mass is 10.1. The lowest BCUT2D eigenvalue weighted by molar-refractivity contribution is -0.121. The lowest BCUT2D eigenvalue weighted by Gasteiger charge is -2.17.